The molecule has 5 nitrogen and oxygen atoms in total. The number of carbonyl (C=O) groups excluding carboxylic acids is 1. The molecule has 1 aliphatic heterocycles. The molecule has 8 heteroatoms. The smallest absolute Gasteiger partial charge is 0.233 e. The molecule has 0 saturated carbocycles. The molecule has 1 fully saturated rings. The molecule has 2 heterocycles. The highest BCUT2D eigenvalue weighted by molar-refractivity contribution is 8.00. The average molecular weight is 400 g/mol. The van der Waals surface area contributed by atoms with Gasteiger partial charge < -0.3 is 9.42 Å². The summed E-state index contributed by atoms with van der Waals surface area (Å²) in [5.41, 5.74) is 0.932. The van der Waals surface area contributed by atoms with E-state index in [4.69, 9.17) is 27.7 Å². The largest absolute Gasteiger partial charge is 0.361 e. The van der Waals surface area contributed by atoms with Gasteiger partial charge in [-0.1, -0.05) is 34.4 Å². The number of halogens is 2. The van der Waals surface area contributed by atoms with Crippen LogP contribution in [0.3, 0.4) is 0 Å². The Morgan fingerprint density at radius 1 is 1.24 bits per heavy atom. The Morgan fingerprint density at radius 2 is 1.92 bits per heavy atom. The molecule has 0 atom stereocenters. The summed E-state index contributed by atoms with van der Waals surface area (Å²) in [7, 11) is 0. The average Bonchev–Trinajstić information content (AvgIpc) is 3.00. The van der Waals surface area contributed by atoms with Crippen molar-refractivity contribution in [3.8, 4) is 0 Å². The van der Waals surface area contributed by atoms with Crippen LogP contribution in [0, 0.1) is 6.92 Å². The number of aromatic nitrogens is 1. The maximum Gasteiger partial charge on any atom is 0.233 e. The molecule has 0 spiro atoms. The van der Waals surface area contributed by atoms with Crippen LogP contribution in [0.25, 0.3) is 0 Å². The second-order valence-corrected chi connectivity index (χ2v) is 7.73. The van der Waals surface area contributed by atoms with Gasteiger partial charge in [0.05, 0.1) is 21.5 Å². The number of aryl methyl sites for hydroxylation is 1. The van der Waals surface area contributed by atoms with Crippen molar-refractivity contribution >= 4 is 40.9 Å². The van der Waals surface area contributed by atoms with Gasteiger partial charge in [0.25, 0.3) is 0 Å². The molecule has 1 aromatic carbocycles. The minimum atomic E-state index is 0.109. The monoisotopic (exact) mass is 399 g/mol. The summed E-state index contributed by atoms with van der Waals surface area (Å²) in [4.78, 5) is 17.4. The van der Waals surface area contributed by atoms with Gasteiger partial charge in [0.15, 0.2) is 0 Å². The topological polar surface area (TPSA) is 49.6 Å². The zero-order valence-electron chi connectivity index (χ0n) is 13.9. The molecule has 1 amide bonds. The van der Waals surface area contributed by atoms with Gasteiger partial charge in [-0.3, -0.25) is 9.69 Å². The lowest BCUT2D eigenvalue weighted by atomic mass is 10.3. The van der Waals surface area contributed by atoms with Crippen LogP contribution in [0.4, 0.5) is 0 Å². The summed E-state index contributed by atoms with van der Waals surface area (Å²) < 4.78 is 5.09. The summed E-state index contributed by atoms with van der Waals surface area (Å²) >= 11 is 13.7. The highest BCUT2D eigenvalue weighted by atomic mass is 35.5. The summed E-state index contributed by atoms with van der Waals surface area (Å²) in [6, 6.07) is 7.31. The fourth-order valence-corrected chi connectivity index (χ4v) is 4.31. The lowest BCUT2D eigenvalue weighted by Crippen LogP contribution is -2.48. The lowest BCUT2D eigenvalue weighted by Gasteiger charge is -2.34. The van der Waals surface area contributed by atoms with Crippen LogP contribution in [-0.4, -0.2) is 52.8 Å². The van der Waals surface area contributed by atoms with Crippen LogP contribution in [0.5, 0.6) is 0 Å². The van der Waals surface area contributed by atoms with E-state index in [1.165, 1.54) is 11.8 Å². The third kappa shape index (κ3) is 4.91. The number of nitrogens with zero attached hydrogens (tertiary/aromatic N) is 3. The van der Waals surface area contributed by atoms with Crippen LogP contribution in [0.2, 0.25) is 10.0 Å². The molecule has 1 aromatic heterocycles. The number of piperazine rings is 1. The predicted molar refractivity (Wildman–Crippen MR) is 100 cm³/mol. The molecule has 0 aliphatic carbocycles. The fourth-order valence-electron chi connectivity index (χ4n) is 2.72. The number of hydrogen-bond donors (Lipinski definition) is 0. The third-order valence-corrected chi connectivity index (χ3v) is 6.02. The van der Waals surface area contributed by atoms with Crippen molar-refractivity contribution in [1.82, 2.24) is 15.0 Å². The fraction of sp³-hybridized carbons (Fsp3) is 0.412. The normalized spacial score (nSPS) is 15.6. The first-order chi connectivity index (χ1) is 12.0. The maximum absolute atomic E-state index is 12.4. The van der Waals surface area contributed by atoms with Crippen molar-refractivity contribution in [3.63, 3.8) is 0 Å². The van der Waals surface area contributed by atoms with E-state index in [1.54, 1.807) is 18.2 Å². The Hall–Kier alpha value is -1.21. The Bertz CT molecular complexity index is 725. The Labute approximate surface area is 161 Å². The second kappa shape index (κ2) is 8.45. The first kappa shape index (κ1) is 18.6. The van der Waals surface area contributed by atoms with E-state index in [9.17, 15) is 4.79 Å². The van der Waals surface area contributed by atoms with E-state index < -0.39 is 0 Å². The Kier molecular flexibility index (Phi) is 6.28. The van der Waals surface area contributed by atoms with Crippen molar-refractivity contribution in [1.29, 1.82) is 0 Å². The van der Waals surface area contributed by atoms with Gasteiger partial charge in [0, 0.05) is 43.7 Å². The van der Waals surface area contributed by atoms with Gasteiger partial charge in [0.1, 0.15) is 5.76 Å². The summed E-state index contributed by atoms with van der Waals surface area (Å²) in [6.07, 6.45) is 0. The van der Waals surface area contributed by atoms with E-state index in [0.29, 0.717) is 28.9 Å². The Morgan fingerprint density at radius 3 is 2.52 bits per heavy atom. The van der Waals surface area contributed by atoms with Crippen LogP contribution in [0.15, 0.2) is 33.7 Å². The van der Waals surface area contributed by atoms with Crippen molar-refractivity contribution in [2.45, 2.75) is 18.4 Å². The van der Waals surface area contributed by atoms with Gasteiger partial charge in [-0.05, 0) is 19.1 Å². The molecule has 25 heavy (non-hydrogen) atoms. The zero-order valence-corrected chi connectivity index (χ0v) is 16.2. The van der Waals surface area contributed by atoms with E-state index in [1.807, 2.05) is 17.9 Å². The number of amides is 1. The molecule has 1 aliphatic rings. The maximum atomic E-state index is 12.4. The molecular weight excluding hydrogens is 381 g/mol. The van der Waals surface area contributed by atoms with Crippen molar-refractivity contribution in [2.75, 3.05) is 31.9 Å². The standard InChI is InChI=1S/C17H19Cl2N3O2S/c1-12-9-13(20-24-12)10-21-5-7-22(8-6-21)16(23)11-25-17-14(18)3-2-4-15(17)19/h2-4,9H,5-8,10-11H2,1H3. The summed E-state index contributed by atoms with van der Waals surface area (Å²) in [5, 5.41) is 5.18. The molecule has 134 valence electrons. The zero-order chi connectivity index (χ0) is 17.8. The van der Waals surface area contributed by atoms with Crippen LogP contribution in [0.1, 0.15) is 11.5 Å². The quantitative estimate of drug-likeness (QED) is 0.716. The first-order valence-corrected chi connectivity index (χ1v) is 9.76. The molecule has 1 saturated heterocycles. The van der Waals surface area contributed by atoms with E-state index in [2.05, 4.69) is 10.1 Å². The van der Waals surface area contributed by atoms with Crippen molar-refractivity contribution in [3.05, 3.63) is 45.8 Å². The number of thioether (sulfide) groups is 1. The second-order valence-electron chi connectivity index (χ2n) is 5.93. The SMILES string of the molecule is Cc1cc(CN2CCN(C(=O)CSc3c(Cl)cccc3Cl)CC2)no1. The van der Waals surface area contributed by atoms with Crippen LogP contribution in [-0.2, 0) is 11.3 Å². The molecule has 0 unspecified atom stereocenters. The summed E-state index contributed by atoms with van der Waals surface area (Å²) in [5.74, 6) is 1.27. The molecule has 0 bridgehead atoms. The molecule has 3 rings (SSSR count). The molecular formula is C17H19Cl2N3O2S. The first-order valence-electron chi connectivity index (χ1n) is 8.02. The highest BCUT2D eigenvalue weighted by Crippen LogP contribution is 2.33. The minimum Gasteiger partial charge on any atom is -0.361 e. The number of rotatable bonds is 5. The third-order valence-electron chi connectivity index (χ3n) is 4.05. The van der Waals surface area contributed by atoms with E-state index >= 15 is 0 Å². The van der Waals surface area contributed by atoms with Crippen molar-refractivity contribution < 1.29 is 9.32 Å². The Balaban J connectivity index is 1.47. The number of carbonyl (C=O) groups is 1. The minimum absolute atomic E-state index is 0.109. The lowest BCUT2D eigenvalue weighted by molar-refractivity contribution is -0.130. The van der Waals surface area contributed by atoms with E-state index in [0.717, 1.165) is 36.0 Å². The van der Waals surface area contributed by atoms with Gasteiger partial charge in [0.2, 0.25) is 5.91 Å². The van der Waals surface area contributed by atoms with E-state index in [-0.39, 0.29) is 5.91 Å². The van der Waals surface area contributed by atoms with Gasteiger partial charge in [-0.15, -0.1) is 11.8 Å². The predicted octanol–water partition coefficient (Wildman–Crippen LogP) is 3.73. The van der Waals surface area contributed by atoms with Gasteiger partial charge >= 0.3 is 0 Å². The van der Waals surface area contributed by atoms with Gasteiger partial charge in [-0.25, -0.2) is 0 Å². The van der Waals surface area contributed by atoms with Crippen molar-refractivity contribution in [2.24, 2.45) is 0 Å². The molecule has 0 radical (unpaired) electrons. The number of benzene rings is 1. The highest BCUT2D eigenvalue weighted by Gasteiger charge is 2.22. The summed E-state index contributed by atoms with van der Waals surface area (Å²) in [6.45, 7) is 5.72. The number of hydrogen-bond acceptors (Lipinski definition) is 5. The van der Waals surface area contributed by atoms with Crippen LogP contribution >= 0.6 is 35.0 Å². The molecule has 2 aromatic rings. The van der Waals surface area contributed by atoms with Crippen LogP contribution < -0.4 is 0 Å². The van der Waals surface area contributed by atoms with Gasteiger partial charge in [-0.2, -0.15) is 0 Å². The molecule has 0 N–H and O–H groups in total.